The molecule has 0 unspecified atom stereocenters. The van der Waals surface area contributed by atoms with Crippen LogP contribution >= 0.6 is 0 Å². The number of benzene rings is 1. The maximum Gasteiger partial charge on any atom is 0.247 e. The van der Waals surface area contributed by atoms with E-state index in [2.05, 4.69) is 16.0 Å². The second-order valence-corrected chi connectivity index (χ2v) is 5.49. The highest BCUT2D eigenvalue weighted by molar-refractivity contribution is 5.99. The van der Waals surface area contributed by atoms with Crippen molar-refractivity contribution in [2.24, 2.45) is 0 Å². The smallest absolute Gasteiger partial charge is 0.247 e. The molecule has 0 saturated carbocycles. The highest BCUT2D eigenvalue weighted by Gasteiger charge is 2.25. The maximum atomic E-state index is 13.4. The Morgan fingerprint density at radius 1 is 1.38 bits per heavy atom. The molecule has 1 atom stereocenters. The summed E-state index contributed by atoms with van der Waals surface area (Å²) in [5, 5.41) is 8.49. The van der Waals surface area contributed by atoms with E-state index in [1.165, 1.54) is 12.1 Å². The molecule has 1 aliphatic rings. The number of anilines is 2. The number of carbonyl (C=O) groups excluding carboxylic acids is 2. The van der Waals surface area contributed by atoms with E-state index in [0.29, 0.717) is 30.6 Å². The fraction of sp³-hybridized carbons (Fsp3) is 0.467. The molecule has 1 aromatic carbocycles. The van der Waals surface area contributed by atoms with Crippen molar-refractivity contribution in [3.8, 4) is 0 Å². The number of hydrogen-bond donors (Lipinski definition) is 3. The molecule has 1 aliphatic heterocycles. The van der Waals surface area contributed by atoms with E-state index < -0.39 is 11.9 Å². The Kier molecular flexibility index (Phi) is 4.77. The Balaban J connectivity index is 2.12. The number of carbonyl (C=O) groups is 2. The van der Waals surface area contributed by atoms with Gasteiger partial charge in [-0.05, 0) is 44.9 Å². The molecule has 0 aliphatic carbocycles. The lowest BCUT2D eigenvalue weighted by molar-refractivity contribution is -0.128. The van der Waals surface area contributed by atoms with Gasteiger partial charge in [0.05, 0.1) is 11.4 Å². The fourth-order valence-corrected chi connectivity index (χ4v) is 2.28. The van der Waals surface area contributed by atoms with Crippen LogP contribution in [0.3, 0.4) is 0 Å². The lowest BCUT2D eigenvalue weighted by atomic mass is 10.0. The highest BCUT2D eigenvalue weighted by atomic mass is 19.1. The van der Waals surface area contributed by atoms with Crippen LogP contribution in [0.4, 0.5) is 15.8 Å². The Hall–Kier alpha value is -2.11. The lowest BCUT2D eigenvalue weighted by Crippen LogP contribution is -2.46. The van der Waals surface area contributed by atoms with Gasteiger partial charge in [0.25, 0.3) is 0 Å². The van der Waals surface area contributed by atoms with Crippen LogP contribution in [0.15, 0.2) is 18.2 Å². The van der Waals surface area contributed by atoms with E-state index in [1.807, 2.05) is 13.8 Å². The van der Waals surface area contributed by atoms with Crippen LogP contribution in [0.2, 0.25) is 0 Å². The SMILES string of the molecule is CC(C)Nc1ccc(F)cc1NC(=O)[C@H]1CCCC(=O)N1. The molecule has 0 spiro atoms. The third kappa shape index (κ3) is 4.18. The van der Waals surface area contributed by atoms with Crippen molar-refractivity contribution in [1.82, 2.24) is 5.32 Å². The molecule has 5 nitrogen and oxygen atoms in total. The Morgan fingerprint density at radius 3 is 2.81 bits per heavy atom. The van der Waals surface area contributed by atoms with Crippen LogP contribution in [-0.2, 0) is 9.59 Å². The van der Waals surface area contributed by atoms with Crippen LogP contribution in [-0.4, -0.2) is 23.9 Å². The first-order valence-corrected chi connectivity index (χ1v) is 7.12. The minimum atomic E-state index is -0.554. The molecule has 0 bridgehead atoms. The summed E-state index contributed by atoms with van der Waals surface area (Å²) in [6, 6.07) is 3.79. The van der Waals surface area contributed by atoms with Crippen molar-refractivity contribution >= 4 is 23.2 Å². The van der Waals surface area contributed by atoms with Gasteiger partial charge in [0.15, 0.2) is 0 Å². The predicted octanol–water partition coefficient (Wildman–Crippen LogP) is 2.25. The molecule has 21 heavy (non-hydrogen) atoms. The second-order valence-electron chi connectivity index (χ2n) is 5.49. The van der Waals surface area contributed by atoms with Gasteiger partial charge in [-0.3, -0.25) is 9.59 Å². The predicted molar refractivity (Wildman–Crippen MR) is 79.6 cm³/mol. The molecule has 6 heteroatoms. The number of halogens is 1. The quantitative estimate of drug-likeness (QED) is 0.797. The third-order valence-corrected chi connectivity index (χ3v) is 3.23. The third-order valence-electron chi connectivity index (χ3n) is 3.23. The summed E-state index contributed by atoms with van der Waals surface area (Å²) in [5.41, 5.74) is 1.04. The first kappa shape index (κ1) is 15.3. The molecule has 3 N–H and O–H groups in total. The van der Waals surface area contributed by atoms with Crippen LogP contribution in [0.1, 0.15) is 33.1 Å². The topological polar surface area (TPSA) is 70.2 Å². The van der Waals surface area contributed by atoms with Gasteiger partial charge in [0, 0.05) is 12.5 Å². The highest BCUT2D eigenvalue weighted by Crippen LogP contribution is 2.24. The monoisotopic (exact) mass is 293 g/mol. The molecule has 1 saturated heterocycles. The Labute approximate surface area is 123 Å². The van der Waals surface area contributed by atoms with Crippen LogP contribution in [0, 0.1) is 5.82 Å². The van der Waals surface area contributed by atoms with Gasteiger partial charge in [-0.15, -0.1) is 0 Å². The van der Waals surface area contributed by atoms with Gasteiger partial charge in [0.2, 0.25) is 11.8 Å². The van der Waals surface area contributed by atoms with Crippen molar-refractivity contribution in [2.45, 2.75) is 45.2 Å². The summed E-state index contributed by atoms with van der Waals surface area (Å²) >= 11 is 0. The average Bonchev–Trinajstić information content (AvgIpc) is 2.41. The molecule has 114 valence electrons. The van der Waals surface area contributed by atoms with E-state index in [1.54, 1.807) is 6.07 Å². The van der Waals surface area contributed by atoms with Crippen LogP contribution < -0.4 is 16.0 Å². The zero-order valence-corrected chi connectivity index (χ0v) is 12.2. The molecule has 2 rings (SSSR count). The van der Waals surface area contributed by atoms with Gasteiger partial charge in [-0.2, -0.15) is 0 Å². The van der Waals surface area contributed by atoms with Crippen molar-refractivity contribution < 1.29 is 14.0 Å². The first-order chi connectivity index (χ1) is 9.95. The van der Waals surface area contributed by atoms with E-state index in [9.17, 15) is 14.0 Å². The molecule has 1 aromatic rings. The Morgan fingerprint density at radius 2 is 2.14 bits per heavy atom. The molecule has 0 radical (unpaired) electrons. The summed E-state index contributed by atoms with van der Waals surface area (Å²) in [5.74, 6) is -0.867. The standard InChI is InChI=1S/C15H20FN3O2/c1-9(2)17-11-7-6-10(16)8-13(11)19-15(21)12-4-3-5-14(20)18-12/h6-9,12,17H,3-5H2,1-2H3,(H,18,20)(H,19,21)/t12-/m1/s1. The van der Waals surface area contributed by atoms with E-state index >= 15 is 0 Å². The number of rotatable bonds is 4. The van der Waals surface area contributed by atoms with E-state index in [-0.39, 0.29) is 17.9 Å². The summed E-state index contributed by atoms with van der Waals surface area (Å²) in [4.78, 5) is 23.5. The largest absolute Gasteiger partial charge is 0.381 e. The lowest BCUT2D eigenvalue weighted by Gasteiger charge is -2.23. The zero-order valence-electron chi connectivity index (χ0n) is 12.2. The maximum absolute atomic E-state index is 13.4. The van der Waals surface area contributed by atoms with Crippen molar-refractivity contribution in [1.29, 1.82) is 0 Å². The van der Waals surface area contributed by atoms with E-state index in [0.717, 1.165) is 0 Å². The van der Waals surface area contributed by atoms with Crippen LogP contribution in [0.5, 0.6) is 0 Å². The van der Waals surface area contributed by atoms with Crippen molar-refractivity contribution in [3.63, 3.8) is 0 Å². The molecular weight excluding hydrogens is 273 g/mol. The zero-order chi connectivity index (χ0) is 15.4. The normalized spacial score (nSPS) is 18.3. The minimum Gasteiger partial charge on any atom is -0.381 e. The fourth-order valence-electron chi connectivity index (χ4n) is 2.28. The van der Waals surface area contributed by atoms with Crippen molar-refractivity contribution in [2.75, 3.05) is 10.6 Å². The molecular formula is C15H20FN3O2. The summed E-state index contributed by atoms with van der Waals surface area (Å²) < 4.78 is 13.4. The van der Waals surface area contributed by atoms with Gasteiger partial charge in [-0.1, -0.05) is 0 Å². The molecule has 0 aromatic heterocycles. The van der Waals surface area contributed by atoms with Gasteiger partial charge in [0.1, 0.15) is 11.9 Å². The number of amides is 2. The van der Waals surface area contributed by atoms with Crippen molar-refractivity contribution in [3.05, 3.63) is 24.0 Å². The summed E-state index contributed by atoms with van der Waals surface area (Å²) in [6.45, 7) is 3.91. The molecule has 1 heterocycles. The number of nitrogens with one attached hydrogen (secondary N) is 3. The number of hydrogen-bond acceptors (Lipinski definition) is 3. The second kappa shape index (κ2) is 6.56. The average molecular weight is 293 g/mol. The summed E-state index contributed by atoms with van der Waals surface area (Å²) in [7, 11) is 0. The number of piperidine rings is 1. The van der Waals surface area contributed by atoms with Gasteiger partial charge >= 0.3 is 0 Å². The summed E-state index contributed by atoms with van der Waals surface area (Å²) in [6.07, 6.45) is 1.73. The molecule has 2 amide bonds. The minimum absolute atomic E-state index is 0.124. The molecule has 1 fully saturated rings. The first-order valence-electron chi connectivity index (χ1n) is 7.12. The van der Waals surface area contributed by atoms with Gasteiger partial charge < -0.3 is 16.0 Å². The van der Waals surface area contributed by atoms with E-state index in [4.69, 9.17) is 0 Å². The Bertz CT molecular complexity index is 546. The van der Waals surface area contributed by atoms with Crippen LogP contribution in [0.25, 0.3) is 0 Å². The van der Waals surface area contributed by atoms with Gasteiger partial charge in [-0.25, -0.2) is 4.39 Å².